The number of nitrogens with one attached hydrogen (secondary N) is 2. The third-order valence-electron chi connectivity index (χ3n) is 5.87. The number of methoxy groups -OCH3 is 1. The third kappa shape index (κ3) is 11.8. The number of benzene rings is 2. The van der Waals surface area contributed by atoms with Crippen molar-refractivity contribution in [2.45, 2.75) is 77.8 Å². The fourth-order valence-electron chi connectivity index (χ4n) is 4.05. The second kappa shape index (κ2) is 15.1. The van der Waals surface area contributed by atoms with E-state index in [0.29, 0.717) is 12.8 Å². The number of aliphatic hydroxyl groups excluding tert-OH is 1. The highest BCUT2D eigenvalue weighted by atomic mass is 16.6. The zero-order chi connectivity index (χ0) is 29.0. The molecule has 0 aromatic heterocycles. The van der Waals surface area contributed by atoms with Gasteiger partial charge < -0.3 is 30.1 Å². The van der Waals surface area contributed by atoms with E-state index >= 15 is 0 Å². The number of amides is 3. The van der Waals surface area contributed by atoms with Gasteiger partial charge in [0, 0.05) is 6.54 Å². The molecule has 0 fully saturated rings. The lowest BCUT2D eigenvalue weighted by atomic mass is 10.0. The van der Waals surface area contributed by atoms with Gasteiger partial charge in [0.15, 0.2) is 0 Å². The van der Waals surface area contributed by atoms with Crippen molar-refractivity contribution in [3.05, 3.63) is 71.8 Å². The van der Waals surface area contributed by atoms with E-state index < -0.39 is 41.9 Å². The molecule has 0 saturated heterocycles. The molecule has 2 aromatic carbocycles. The average Bonchev–Trinajstić information content (AvgIpc) is 2.86. The summed E-state index contributed by atoms with van der Waals surface area (Å²) < 4.78 is 10.3. The maximum atomic E-state index is 13.5. The number of carbonyl (C=O) groups excluding carboxylic acids is 3. The van der Waals surface area contributed by atoms with E-state index in [2.05, 4.69) is 10.6 Å². The van der Waals surface area contributed by atoms with Crippen LogP contribution in [0.4, 0.5) is 9.59 Å². The van der Waals surface area contributed by atoms with Gasteiger partial charge in [0.05, 0.1) is 25.8 Å². The molecule has 3 amide bonds. The number of hydrogen-bond donors (Lipinski definition) is 3. The normalized spacial score (nSPS) is 13.6. The SMILES string of the molecule is COC(=O)[C@@H](CC(C)C)NC(=O)N(Cc1ccccc1)C[C@@H](O)[C@@H](Cc1ccccc1)NC(=O)OC(C)(C)C. The first kappa shape index (κ1) is 31.6. The van der Waals surface area contributed by atoms with E-state index in [-0.39, 0.29) is 19.0 Å². The Morgan fingerprint density at radius 2 is 1.49 bits per heavy atom. The van der Waals surface area contributed by atoms with Crippen molar-refractivity contribution >= 4 is 18.1 Å². The molecule has 0 bridgehead atoms. The molecule has 0 saturated carbocycles. The zero-order valence-corrected chi connectivity index (χ0v) is 23.8. The molecule has 0 unspecified atom stereocenters. The van der Waals surface area contributed by atoms with Crippen LogP contribution in [0.1, 0.15) is 52.2 Å². The Morgan fingerprint density at radius 1 is 0.923 bits per heavy atom. The number of hydrogen-bond acceptors (Lipinski definition) is 6. The maximum absolute atomic E-state index is 13.5. The molecule has 0 spiro atoms. The minimum absolute atomic E-state index is 0.108. The first-order valence-corrected chi connectivity index (χ1v) is 13.3. The van der Waals surface area contributed by atoms with Crippen molar-refractivity contribution in [2.75, 3.05) is 13.7 Å². The molecule has 3 atom stereocenters. The second-order valence-corrected chi connectivity index (χ2v) is 11.0. The quantitative estimate of drug-likeness (QED) is 0.345. The van der Waals surface area contributed by atoms with Crippen LogP contribution in [0, 0.1) is 5.92 Å². The Bertz CT molecular complexity index is 1040. The summed E-state index contributed by atoms with van der Waals surface area (Å²) in [5.41, 5.74) is 1.03. The minimum Gasteiger partial charge on any atom is -0.467 e. The first-order valence-electron chi connectivity index (χ1n) is 13.3. The van der Waals surface area contributed by atoms with Gasteiger partial charge in [-0.1, -0.05) is 74.5 Å². The van der Waals surface area contributed by atoms with Crippen LogP contribution < -0.4 is 10.6 Å². The van der Waals surface area contributed by atoms with E-state index in [0.717, 1.165) is 11.1 Å². The lowest BCUT2D eigenvalue weighted by molar-refractivity contribution is -0.143. The molecule has 0 aliphatic carbocycles. The van der Waals surface area contributed by atoms with Gasteiger partial charge in [-0.2, -0.15) is 0 Å². The Morgan fingerprint density at radius 3 is 2.00 bits per heavy atom. The lowest BCUT2D eigenvalue weighted by Gasteiger charge is -2.32. The van der Waals surface area contributed by atoms with Gasteiger partial charge in [-0.3, -0.25) is 0 Å². The average molecular weight is 542 g/mol. The van der Waals surface area contributed by atoms with Gasteiger partial charge in [-0.15, -0.1) is 0 Å². The molecule has 2 rings (SSSR count). The summed E-state index contributed by atoms with van der Waals surface area (Å²) in [6.45, 7) is 9.25. The van der Waals surface area contributed by atoms with Crippen LogP contribution in [0.3, 0.4) is 0 Å². The topological polar surface area (TPSA) is 117 Å². The molecule has 214 valence electrons. The minimum atomic E-state index is -1.14. The van der Waals surface area contributed by atoms with Crippen molar-refractivity contribution in [2.24, 2.45) is 5.92 Å². The third-order valence-corrected chi connectivity index (χ3v) is 5.87. The van der Waals surface area contributed by atoms with Crippen molar-refractivity contribution in [1.82, 2.24) is 15.5 Å². The van der Waals surface area contributed by atoms with E-state index in [1.165, 1.54) is 12.0 Å². The Kier molecular flexibility index (Phi) is 12.3. The maximum Gasteiger partial charge on any atom is 0.407 e. The van der Waals surface area contributed by atoms with Crippen LogP contribution in [0.15, 0.2) is 60.7 Å². The molecule has 0 aliphatic rings. The number of rotatable bonds is 12. The number of alkyl carbamates (subject to hydrolysis) is 1. The van der Waals surface area contributed by atoms with Crippen LogP contribution >= 0.6 is 0 Å². The smallest absolute Gasteiger partial charge is 0.407 e. The molecule has 9 heteroatoms. The summed E-state index contributed by atoms with van der Waals surface area (Å²) in [6, 6.07) is 16.7. The first-order chi connectivity index (χ1) is 18.4. The highest BCUT2D eigenvalue weighted by Gasteiger charge is 2.30. The largest absolute Gasteiger partial charge is 0.467 e. The fourth-order valence-corrected chi connectivity index (χ4v) is 4.05. The number of carbonyl (C=O) groups is 3. The van der Waals surface area contributed by atoms with Crippen molar-refractivity contribution in [3.63, 3.8) is 0 Å². The number of esters is 1. The number of ether oxygens (including phenoxy) is 2. The molecule has 9 nitrogen and oxygen atoms in total. The summed E-state index contributed by atoms with van der Waals surface area (Å²) in [7, 11) is 1.28. The molecule has 0 radical (unpaired) electrons. The molecule has 39 heavy (non-hydrogen) atoms. The summed E-state index contributed by atoms with van der Waals surface area (Å²) in [4.78, 5) is 39.9. The monoisotopic (exact) mass is 541 g/mol. The van der Waals surface area contributed by atoms with E-state index in [1.807, 2.05) is 74.5 Å². The van der Waals surface area contributed by atoms with Gasteiger partial charge in [0.1, 0.15) is 11.6 Å². The number of urea groups is 1. The molecular weight excluding hydrogens is 498 g/mol. The highest BCUT2D eigenvalue weighted by Crippen LogP contribution is 2.14. The Hall–Kier alpha value is -3.59. The summed E-state index contributed by atoms with van der Waals surface area (Å²) >= 11 is 0. The zero-order valence-electron chi connectivity index (χ0n) is 23.8. The lowest BCUT2D eigenvalue weighted by Crippen LogP contribution is -2.54. The summed E-state index contributed by atoms with van der Waals surface area (Å²) in [5, 5.41) is 16.9. The predicted molar refractivity (Wildman–Crippen MR) is 150 cm³/mol. The van der Waals surface area contributed by atoms with Crippen LogP contribution in [0.2, 0.25) is 0 Å². The van der Waals surface area contributed by atoms with E-state index in [9.17, 15) is 19.5 Å². The van der Waals surface area contributed by atoms with Crippen LogP contribution in [-0.2, 0) is 27.2 Å². The van der Waals surface area contributed by atoms with Gasteiger partial charge in [0.25, 0.3) is 0 Å². The molecular formula is C30H43N3O6. The van der Waals surface area contributed by atoms with Crippen molar-refractivity contribution in [1.29, 1.82) is 0 Å². The second-order valence-electron chi connectivity index (χ2n) is 11.0. The van der Waals surface area contributed by atoms with Crippen LogP contribution in [-0.4, -0.2) is 65.5 Å². The van der Waals surface area contributed by atoms with Gasteiger partial charge in [0.2, 0.25) is 0 Å². The highest BCUT2D eigenvalue weighted by molar-refractivity contribution is 5.83. The van der Waals surface area contributed by atoms with E-state index in [1.54, 1.807) is 20.8 Å². The van der Waals surface area contributed by atoms with Crippen molar-refractivity contribution < 1.29 is 29.0 Å². The molecule has 0 heterocycles. The molecule has 2 aromatic rings. The van der Waals surface area contributed by atoms with Gasteiger partial charge in [-0.05, 0) is 50.7 Å². The van der Waals surface area contributed by atoms with Gasteiger partial charge >= 0.3 is 18.1 Å². The number of aliphatic hydroxyl groups is 1. The Balaban J connectivity index is 2.30. The fraction of sp³-hybridized carbons (Fsp3) is 0.500. The summed E-state index contributed by atoms with van der Waals surface area (Å²) in [6.07, 6.45) is -1.09. The summed E-state index contributed by atoms with van der Waals surface area (Å²) in [5.74, 6) is -0.401. The standard InChI is InChI=1S/C30H43N3O6/c1-21(2)17-25(27(35)38-6)31-28(36)33(19-23-15-11-8-12-16-23)20-26(34)24(18-22-13-9-7-10-14-22)32-29(37)39-30(3,4)5/h7-16,21,24-26,34H,17-20H2,1-6H3,(H,31,36)(H,32,37)/t24-,25-,26-/m1/s1. The van der Waals surface area contributed by atoms with Crippen molar-refractivity contribution in [3.8, 4) is 0 Å². The molecule has 3 N–H and O–H groups in total. The number of nitrogens with zero attached hydrogens (tertiary/aromatic N) is 1. The van der Waals surface area contributed by atoms with Crippen LogP contribution in [0.5, 0.6) is 0 Å². The Labute approximate surface area is 231 Å². The van der Waals surface area contributed by atoms with E-state index in [4.69, 9.17) is 9.47 Å². The predicted octanol–water partition coefficient (Wildman–Crippen LogP) is 4.28. The van der Waals surface area contributed by atoms with Crippen LogP contribution in [0.25, 0.3) is 0 Å². The van der Waals surface area contributed by atoms with Gasteiger partial charge in [-0.25, -0.2) is 14.4 Å². The molecule has 0 aliphatic heterocycles.